The van der Waals surface area contributed by atoms with Gasteiger partial charge in [0.15, 0.2) is 6.33 Å². The Morgan fingerprint density at radius 3 is 1.96 bits per heavy atom. The fourth-order valence-corrected chi connectivity index (χ4v) is 6.38. The number of methoxy groups -OCH3 is 2. The van der Waals surface area contributed by atoms with Crippen LogP contribution in [0.25, 0.3) is 0 Å². The maximum Gasteiger partial charge on any atom is 0.313 e. The van der Waals surface area contributed by atoms with Crippen molar-refractivity contribution in [3.05, 3.63) is 83.4 Å². The molecule has 0 amide bonds. The number of hydrogen-bond donors (Lipinski definition) is 0. The van der Waals surface area contributed by atoms with Gasteiger partial charge >= 0.3 is 11.9 Å². The van der Waals surface area contributed by atoms with Crippen molar-refractivity contribution < 1.29 is 32.6 Å². The average molecular weight is 651 g/mol. The van der Waals surface area contributed by atoms with Gasteiger partial charge in [0.25, 0.3) is 0 Å². The van der Waals surface area contributed by atoms with Crippen molar-refractivity contribution in [2.45, 2.75) is 69.4 Å². The van der Waals surface area contributed by atoms with Gasteiger partial charge in [0, 0.05) is 25.7 Å². The summed E-state index contributed by atoms with van der Waals surface area (Å²) in [6.45, 7) is 1.02. The lowest BCUT2D eigenvalue weighted by Crippen LogP contribution is -2.23. The van der Waals surface area contributed by atoms with Crippen molar-refractivity contribution in [1.82, 2.24) is 40.4 Å². The molecule has 2 saturated carbocycles. The van der Waals surface area contributed by atoms with E-state index in [1.807, 2.05) is 36.4 Å². The van der Waals surface area contributed by atoms with E-state index in [0.717, 1.165) is 23.1 Å². The zero-order chi connectivity index (χ0) is 33.4. The minimum Gasteiger partial charge on any atom is -0.469 e. The Morgan fingerprint density at radius 1 is 0.872 bits per heavy atom. The van der Waals surface area contributed by atoms with Crippen molar-refractivity contribution in [3.63, 3.8) is 0 Å². The van der Waals surface area contributed by atoms with Gasteiger partial charge in [-0.1, -0.05) is 48.5 Å². The van der Waals surface area contributed by atoms with E-state index in [-0.39, 0.29) is 36.4 Å². The van der Waals surface area contributed by atoms with Gasteiger partial charge in [-0.15, -0.1) is 15.3 Å². The van der Waals surface area contributed by atoms with Gasteiger partial charge in [-0.2, -0.15) is 4.80 Å². The molecular weight excluding hydrogens is 614 g/mol. The number of carbonyl (C=O) groups excluding carboxylic acids is 3. The third-order valence-electron chi connectivity index (χ3n) is 8.71. The Hall–Kier alpha value is -4.95. The molecule has 2 aromatic heterocycles. The van der Waals surface area contributed by atoms with E-state index < -0.39 is 23.7 Å². The molecule has 2 aliphatic carbocycles. The maximum absolute atomic E-state index is 13.5. The molecule has 0 aliphatic heterocycles. The van der Waals surface area contributed by atoms with Crippen LogP contribution in [0.2, 0.25) is 0 Å². The highest BCUT2D eigenvalue weighted by molar-refractivity contribution is 5.84. The molecule has 2 fully saturated rings. The van der Waals surface area contributed by atoms with Crippen molar-refractivity contribution in [2.24, 2.45) is 11.8 Å². The van der Waals surface area contributed by atoms with E-state index in [9.17, 15) is 23.2 Å². The number of halogens is 2. The summed E-state index contributed by atoms with van der Waals surface area (Å²) in [7, 11) is 2.67. The number of esters is 2. The summed E-state index contributed by atoms with van der Waals surface area (Å²) < 4.78 is 38.5. The molecule has 0 bridgehead atoms. The first kappa shape index (κ1) is 33.4. The van der Waals surface area contributed by atoms with E-state index in [0.29, 0.717) is 37.9 Å². The lowest BCUT2D eigenvalue weighted by atomic mass is 9.84. The number of benzene rings is 2. The number of ether oxygens (including phenoxy) is 2. The Bertz CT molecular complexity index is 1620. The molecule has 248 valence electrons. The molecule has 6 rings (SSSR count). The molecule has 0 N–H and O–H groups in total. The van der Waals surface area contributed by atoms with Crippen LogP contribution < -0.4 is 0 Å². The van der Waals surface area contributed by atoms with Crippen LogP contribution >= 0.6 is 0 Å². The number of nitrogens with zero attached hydrogens (tertiary/aromatic N) is 8. The minimum atomic E-state index is -2.70. The average Bonchev–Trinajstić information content (AvgIpc) is 3.90. The number of alkyl halides is 2. The van der Waals surface area contributed by atoms with E-state index in [2.05, 4.69) is 30.9 Å². The van der Waals surface area contributed by atoms with Gasteiger partial charge in [0.05, 0.1) is 39.1 Å². The summed E-state index contributed by atoms with van der Waals surface area (Å²) in [5.74, 6) is -4.65. The number of hydrogen-bond acceptors (Lipinski definition) is 11. The minimum absolute atomic E-state index is 0.0281. The Balaban J connectivity index is 0.000000185. The molecule has 4 unspecified atom stereocenters. The molecule has 0 radical (unpaired) electrons. The molecule has 4 atom stereocenters. The SMILES string of the molecule is COC(=O)C(c1ccc(Cn2cnnn2)cc1)C1CCC(=O)C1.COC(=O)C(c1ccc(Cn2ncnn2)cc1)C1CCC(F)(F)C1. The molecule has 0 spiro atoms. The molecule has 13 nitrogen and oxygen atoms in total. The summed E-state index contributed by atoms with van der Waals surface area (Å²) in [5.41, 5.74) is 3.54. The zero-order valence-corrected chi connectivity index (χ0v) is 26.1. The second kappa shape index (κ2) is 15.1. The molecule has 4 aromatic rings. The largest absolute Gasteiger partial charge is 0.469 e. The number of ketones is 1. The highest BCUT2D eigenvalue weighted by Gasteiger charge is 2.45. The van der Waals surface area contributed by atoms with Gasteiger partial charge in [-0.25, -0.2) is 13.5 Å². The number of Topliss-reactive ketones (excluding diaryl/α,β-unsaturated/α-hetero) is 1. The highest BCUT2D eigenvalue weighted by Crippen LogP contribution is 2.46. The van der Waals surface area contributed by atoms with Crippen LogP contribution in [0.3, 0.4) is 0 Å². The molecule has 15 heteroatoms. The van der Waals surface area contributed by atoms with Crippen molar-refractivity contribution in [3.8, 4) is 0 Å². The van der Waals surface area contributed by atoms with Crippen LogP contribution in [0, 0.1) is 11.8 Å². The quantitative estimate of drug-likeness (QED) is 0.230. The normalized spacial score (nSPS) is 19.8. The summed E-state index contributed by atoms with van der Waals surface area (Å²) in [4.78, 5) is 37.3. The zero-order valence-electron chi connectivity index (χ0n) is 26.1. The van der Waals surface area contributed by atoms with E-state index in [4.69, 9.17) is 9.47 Å². The Labute approximate surface area is 269 Å². The molecule has 2 aliphatic rings. The van der Waals surface area contributed by atoms with Crippen molar-refractivity contribution in [1.29, 1.82) is 0 Å². The Kier molecular flexibility index (Phi) is 10.7. The number of tetrazole rings is 2. The number of rotatable bonds is 10. The van der Waals surface area contributed by atoms with Crippen LogP contribution in [0.1, 0.15) is 72.6 Å². The van der Waals surface area contributed by atoms with E-state index >= 15 is 0 Å². The van der Waals surface area contributed by atoms with Gasteiger partial charge in [-0.3, -0.25) is 14.4 Å². The smallest absolute Gasteiger partial charge is 0.313 e. The van der Waals surface area contributed by atoms with Crippen LogP contribution in [-0.4, -0.2) is 78.3 Å². The highest BCUT2D eigenvalue weighted by atomic mass is 19.3. The predicted molar refractivity (Wildman–Crippen MR) is 161 cm³/mol. The van der Waals surface area contributed by atoms with Gasteiger partial charge in [-0.05, 0) is 62.6 Å². The first-order chi connectivity index (χ1) is 22.7. The third-order valence-corrected chi connectivity index (χ3v) is 8.71. The summed E-state index contributed by atoms with van der Waals surface area (Å²) in [5, 5.41) is 22.4. The van der Waals surface area contributed by atoms with E-state index in [1.165, 1.54) is 25.3 Å². The first-order valence-electron chi connectivity index (χ1n) is 15.3. The van der Waals surface area contributed by atoms with Crippen LogP contribution in [-0.2, 0) is 36.9 Å². The second-order valence-corrected chi connectivity index (χ2v) is 11.9. The second-order valence-electron chi connectivity index (χ2n) is 11.9. The third kappa shape index (κ3) is 8.65. The predicted octanol–water partition coefficient (Wildman–Crippen LogP) is 3.76. The summed E-state index contributed by atoms with van der Waals surface area (Å²) >= 11 is 0. The lowest BCUT2D eigenvalue weighted by Gasteiger charge is -2.22. The summed E-state index contributed by atoms with van der Waals surface area (Å²) in [6.07, 6.45) is 4.50. The fraction of sp³-hybridized carbons (Fsp3) is 0.469. The van der Waals surface area contributed by atoms with Gasteiger partial charge in [0.1, 0.15) is 12.1 Å². The van der Waals surface area contributed by atoms with Crippen molar-refractivity contribution in [2.75, 3.05) is 14.2 Å². The molecule has 2 aromatic carbocycles. The summed E-state index contributed by atoms with van der Waals surface area (Å²) in [6, 6.07) is 15.0. The van der Waals surface area contributed by atoms with E-state index in [1.54, 1.807) is 23.1 Å². The molecule has 47 heavy (non-hydrogen) atoms. The standard InChI is InChI=1S/C16H18F2N4O2.C16H18N4O3/c1-24-15(23)14(13-6-7-16(17,18)8-13)12-4-2-11(3-5-12)9-22-20-10-19-21-22;1-23-16(22)15(13-6-7-14(21)8-13)12-4-2-11(3-5-12)9-20-10-17-18-19-20/h2-5,10,13-14H,6-9H2,1H3;2-5,10,13,15H,6-9H2,1H3. The van der Waals surface area contributed by atoms with Gasteiger partial charge in [0.2, 0.25) is 5.92 Å². The van der Waals surface area contributed by atoms with Crippen LogP contribution in [0.4, 0.5) is 8.78 Å². The topological polar surface area (TPSA) is 157 Å². The molecule has 2 heterocycles. The van der Waals surface area contributed by atoms with Crippen LogP contribution in [0.15, 0.2) is 61.2 Å². The van der Waals surface area contributed by atoms with Crippen LogP contribution in [0.5, 0.6) is 0 Å². The first-order valence-corrected chi connectivity index (χ1v) is 15.3. The molecular formula is C32H36F2N8O5. The molecule has 0 saturated heterocycles. The van der Waals surface area contributed by atoms with Gasteiger partial charge < -0.3 is 9.47 Å². The maximum atomic E-state index is 13.5. The number of carbonyl (C=O) groups is 3. The fourth-order valence-electron chi connectivity index (χ4n) is 6.38. The lowest BCUT2D eigenvalue weighted by molar-refractivity contribution is -0.144. The monoisotopic (exact) mass is 650 g/mol. The Morgan fingerprint density at radius 2 is 1.49 bits per heavy atom. The number of aromatic nitrogens is 8. The van der Waals surface area contributed by atoms with Crippen molar-refractivity contribution >= 4 is 17.7 Å².